The molecule has 1 atom stereocenters. The van der Waals surface area contributed by atoms with Gasteiger partial charge in [-0.2, -0.15) is 18.3 Å². The summed E-state index contributed by atoms with van der Waals surface area (Å²) in [6.45, 7) is 4.21. The van der Waals surface area contributed by atoms with Gasteiger partial charge in [0.05, 0.1) is 13.2 Å². The van der Waals surface area contributed by atoms with Gasteiger partial charge in [-0.15, -0.1) is 0 Å². The third kappa shape index (κ3) is 5.15. The van der Waals surface area contributed by atoms with E-state index in [4.69, 9.17) is 4.74 Å². The van der Waals surface area contributed by atoms with E-state index in [9.17, 15) is 13.2 Å². The lowest BCUT2D eigenvalue weighted by molar-refractivity contribution is -0.142. The Labute approximate surface area is 155 Å². The molecular weight excluding hydrogens is 361 g/mol. The van der Waals surface area contributed by atoms with Crippen LogP contribution in [0, 0.1) is 6.92 Å². The quantitative estimate of drug-likeness (QED) is 0.763. The first-order chi connectivity index (χ1) is 12.9. The first-order valence-corrected chi connectivity index (χ1v) is 9.01. The minimum atomic E-state index is -4.34. The fourth-order valence-corrected chi connectivity index (χ4v) is 3.02. The maximum absolute atomic E-state index is 12.6. The van der Waals surface area contributed by atoms with Gasteiger partial charge >= 0.3 is 6.18 Å². The zero-order chi connectivity index (χ0) is 19.4. The fourth-order valence-electron chi connectivity index (χ4n) is 3.02. The first kappa shape index (κ1) is 19.5. The molecule has 3 rings (SSSR count). The number of aryl methyl sites for hydroxylation is 2. The van der Waals surface area contributed by atoms with Gasteiger partial charge in [-0.05, 0) is 13.3 Å². The molecule has 0 radical (unpaired) electrons. The summed E-state index contributed by atoms with van der Waals surface area (Å²) in [6.07, 6.45) is -0.399. The van der Waals surface area contributed by atoms with Gasteiger partial charge in [0.15, 0.2) is 5.82 Å². The van der Waals surface area contributed by atoms with Crippen molar-refractivity contribution in [3.63, 3.8) is 0 Å². The maximum Gasteiger partial charge on any atom is 0.408 e. The lowest BCUT2D eigenvalue weighted by Crippen LogP contribution is -2.41. The lowest BCUT2D eigenvalue weighted by Gasteiger charge is -2.35. The summed E-state index contributed by atoms with van der Waals surface area (Å²) in [5, 5.41) is 4.01. The number of morpholine rings is 1. The zero-order valence-corrected chi connectivity index (χ0v) is 15.4. The number of anilines is 1. The molecule has 27 heavy (non-hydrogen) atoms. The molecule has 0 saturated carbocycles. The number of nitrogens with zero attached hydrogens (tertiary/aromatic N) is 6. The Morgan fingerprint density at radius 3 is 2.85 bits per heavy atom. The van der Waals surface area contributed by atoms with Crippen LogP contribution in [0.4, 0.5) is 19.0 Å². The number of hydrogen-bond acceptors (Lipinski definition) is 6. The monoisotopic (exact) mass is 384 g/mol. The average Bonchev–Trinajstić information content (AvgIpc) is 3.06. The van der Waals surface area contributed by atoms with Crippen molar-refractivity contribution < 1.29 is 17.9 Å². The van der Waals surface area contributed by atoms with E-state index in [1.165, 1.54) is 0 Å². The Morgan fingerprint density at radius 2 is 2.11 bits per heavy atom. The van der Waals surface area contributed by atoms with Crippen molar-refractivity contribution in [1.82, 2.24) is 24.7 Å². The van der Waals surface area contributed by atoms with E-state index >= 15 is 0 Å². The van der Waals surface area contributed by atoms with E-state index in [1.54, 1.807) is 0 Å². The summed E-state index contributed by atoms with van der Waals surface area (Å²) in [5.41, 5.74) is 0.854. The predicted molar refractivity (Wildman–Crippen MR) is 92.4 cm³/mol. The molecule has 7 nitrogen and oxygen atoms in total. The molecule has 1 saturated heterocycles. The van der Waals surface area contributed by atoms with Crippen molar-refractivity contribution in [2.45, 2.75) is 51.9 Å². The number of rotatable bonds is 6. The second-order valence-corrected chi connectivity index (χ2v) is 6.59. The van der Waals surface area contributed by atoms with E-state index in [2.05, 4.69) is 27.0 Å². The molecule has 1 aliphatic rings. The molecule has 0 unspecified atom stereocenters. The summed E-state index contributed by atoms with van der Waals surface area (Å²) in [6, 6.07) is 1.49. The van der Waals surface area contributed by atoms with Crippen LogP contribution in [0.15, 0.2) is 12.4 Å². The van der Waals surface area contributed by atoms with Gasteiger partial charge in [0.1, 0.15) is 30.6 Å². The van der Waals surface area contributed by atoms with Crippen LogP contribution in [0.2, 0.25) is 0 Å². The van der Waals surface area contributed by atoms with E-state index in [0.29, 0.717) is 25.6 Å². The van der Waals surface area contributed by atoms with E-state index < -0.39 is 12.7 Å². The molecule has 0 spiro atoms. The van der Waals surface area contributed by atoms with Crippen molar-refractivity contribution in [3.8, 4) is 0 Å². The summed E-state index contributed by atoms with van der Waals surface area (Å²) >= 11 is 0. The topological polar surface area (TPSA) is 69.0 Å². The zero-order valence-electron chi connectivity index (χ0n) is 15.4. The Balaban J connectivity index is 1.85. The third-order valence-electron chi connectivity index (χ3n) is 4.26. The normalized spacial score (nSPS) is 18.1. The lowest BCUT2D eigenvalue weighted by atomic mass is 10.2. The molecule has 1 fully saturated rings. The molecule has 0 aliphatic carbocycles. The van der Waals surface area contributed by atoms with Crippen LogP contribution in [0.1, 0.15) is 43.1 Å². The van der Waals surface area contributed by atoms with Crippen molar-refractivity contribution in [2.24, 2.45) is 0 Å². The Kier molecular flexibility index (Phi) is 5.93. The van der Waals surface area contributed by atoms with Crippen LogP contribution in [-0.4, -0.2) is 50.7 Å². The molecule has 0 aromatic carbocycles. The number of ether oxygens (including phenoxy) is 1. The highest BCUT2D eigenvalue weighted by molar-refractivity contribution is 5.42. The number of alkyl halides is 3. The van der Waals surface area contributed by atoms with Crippen LogP contribution in [0.25, 0.3) is 0 Å². The van der Waals surface area contributed by atoms with Gasteiger partial charge in [0.25, 0.3) is 0 Å². The summed E-state index contributed by atoms with van der Waals surface area (Å²) in [7, 11) is 0. The van der Waals surface area contributed by atoms with Crippen molar-refractivity contribution in [2.75, 3.05) is 24.7 Å². The number of aromatic nitrogens is 5. The standard InChI is InChI=1S/C17H23F3N6O/c1-3-4-5-14-22-12(2)8-15(23-14)26-6-7-27-9-13(26)16-21-11-25(24-16)10-17(18,19)20/h8,11,13H,3-7,9-10H2,1-2H3/t13-/m0/s1. The van der Waals surface area contributed by atoms with Crippen molar-refractivity contribution in [3.05, 3.63) is 29.7 Å². The minimum absolute atomic E-state index is 0.295. The van der Waals surface area contributed by atoms with Gasteiger partial charge in [-0.3, -0.25) is 0 Å². The highest BCUT2D eigenvalue weighted by Crippen LogP contribution is 2.27. The van der Waals surface area contributed by atoms with Crippen LogP contribution >= 0.6 is 0 Å². The number of halogens is 3. The number of unbranched alkanes of at least 4 members (excludes halogenated alkanes) is 1. The Bertz CT molecular complexity index is 763. The molecule has 1 aliphatic heterocycles. The molecule has 3 heterocycles. The van der Waals surface area contributed by atoms with Gasteiger partial charge in [-0.1, -0.05) is 13.3 Å². The fraction of sp³-hybridized carbons (Fsp3) is 0.647. The molecule has 148 valence electrons. The molecular formula is C17H23F3N6O. The second kappa shape index (κ2) is 8.20. The SMILES string of the molecule is CCCCc1nc(C)cc(N2CCOC[C@H]2c2ncn(CC(F)(F)F)n2)n1. The van der Waals surface area contributed by atoms with Gasteiger partial charge in [-0.25, -0.2) is 19.6 Å². The molecule has 10 heteroatoms. The van der Waals surface area contributed by atoms with E-state index in [1.807, 2.05) is 17.9 Å². The van der Waals surface area contributed by atoms with Gasteiger partial charge in [0, 0.05) is 24.7 Å². The van der Waals surface area contributed by atoms with Crippen molar-refractivity contribution in [1.29, 1.82) is 0 Å². The number of hydrogen-bond donors (Lipinski definition) is 0. The van der Waals surface area contributed by atoms with Gasteiger partial charge < -0.3 is 9.64 Å². The highest BCUT2D eigenvalue weighted by Gasteiger charge is 2.32. The minimum Gasteiger partial charge on any atom is -0.377 e. The first-order valence-electron chi connectivity index (χ1n) is 9.01. The molecule has 2 aromatic rings. The average molecular weight is 384 g/mol. The molecule has 0 amide bonds. The summed E-state index contributed by atoms with van der Waals surface area (Å²) in [5.74, 6) is 1.80. The third-order valence-corrected chi connectivity index (χ3v) is 4.26. The highest BCUT2D eigenvalue weighted by atomic mass is 19.4. The predicted octanol–water partition coefficient (Wildman–Crippen LogP) is 2.86. The summed E-state index contributed by atoms with van der Waals surface area (Å²) < 4.78 is 44.1. The van der Waals surface area contributed by atoms with Crippen LogP contribution < -0.4 is 4.90 Å². The van der Waals surface area contributed by atoms with E-state index in [-0.39, 0.29) is 6.04 Å². The van der Waals surface area contributed by atoms with Crippen LogP contribution in [-0.2, 0) is 17.7 Å². The largest absolute Gasteiger partial charge is 0.408 e. The van der Waals surface area contributed by atoms with Gasteiger partial charge in [0.2, 0.25) is 0 Å². The molecule has 2 aromatic heterocycles. The molecule has 0 N–H and O–H groups in total. The Morgan fingerprint density at radius 1 is 1.30 bits per heavy atom. The van der Waals surface area contributed by atoms with E-state index in [0.717, 1.165) is 47.6 Å². The van der Waals surface area contributed by atoms with Crippen molar-refractivity contribution >= 4 is 5.82 Å². The Hall–Kier alpha value is -2.23. The van der Waals surface area contributed by atoms with Crippen LogP contribution in [0.5, 0.6) is 0 Å². The van der Waals surface area contributed by atoms with Crippen LogP contribution in [0.3, 0.4) is 0 Å². The molecule has 0 bridgehead atoms. The maximum atomic E-state index is 12.6. The summed E-state index contributed by atoms with van der Waals surface area (Å²) in [4.78, 5) is 15.2. The second-order valence-electron chi connectivity index (χ2n) is 6.59. The smallest absolute Gasteiger partial charge is 0.377 e.